The van der Waals surface area contributed by atoms with Crippen LogP contribution in [0, 0.1) is 22.7 Å². The van der Waals surface area contributed by atoms with Gasteiger partial charge in [-0.15, -0.1) is 0 Å². The fourth-order valence-electron chi connectivity index (χ4n) is 4.83. The Morgan fingerprint density at radius 1 is 1.07 bits per heavy atom. The van der Waals surface area contributed by atoms with Gasteiger partial charge in [-0.3, -0.25) is 0 Å². The van der Waals surface area contributed by atoms with Crippen molar-refractivity contribution in [3.8, 4) is 0 Å². The maximum absolute atomic E-state index is 3.97. The van der Waals surface area contributed by atoms with Gasteiger partial charge in [-0.25, -0.2) is 0 Å². The first-order valence-electron chi connectivity index (χ1n) is 5.72. The molecule has 0 aromatic carbocycles. The van der Waals surface area contributed by atoms with Gasteiger partial charge in [0.05, 0.1) is 0 Å². The molecule has 2 heteroatoms. The molecule has 4 aliphatic carbocycles. The zero-order valence-corrected chi connectivity index (χ0v) is 12.1. The van der Waals surface area contributed by atoms with Gasteiger partial charge in [-0.1, -0.05) is 45.7 Å². The average molecular weight is 322 g/mol. The zero-order chi connectivity index (χ0) is 10.1. The predicted molar refractivity (Wildman–Crippen MR) is 67.1 cm³/mol. The summed E-state index contributed by atoms with van der Waals surface area (Å²) < 4.78 is 0. The maximum atomic E-state index is 3.97. The van der Waals surface area contributed by atoms with Crippen LogP contribution in [0.1, 0.15) is 39.5 Å². The molecule has 4 bridgehead atoms. The minimum Gasteiger partial charge on any atom is -0.0884 e. The van der Waals surface area contributed by atoms with Crippen molar-refractivity contribution < 1.29 is 0 Å². The van der Waals surface area contributed by atoms with Crippen LogP contribution in [0.2, 0.25) is 0 Å². The number of alkyl halides is 2. The SMILES string of the molecule is CC12CC3CC(C)(C1)C(Br)C(C2)C3Br. The molecule has 0 N–H and O–H groups in total. The molecule has 0 aromatic rings. The Bertz CT molecular complexity index is 277. The van der Waals surface area contributed by atoms with Crippen LogP contribution in [-0.4, -0.2) is 9.65 Å². The van der Waals surface area contributed by atoms with Crippen LogP contribution in [0.5, 0.6) is 0 Å². The van der Waals surface area contributed by atoms with Gasteiger partial charge in [0.2, 0.25) is 0 Å². The molecule has 6 atom stereocenters. The lowest BCUT2D eigenvalue weighted by Gasteiger charge is -2.64. The molecule has 0 heterocycles. The predicted octanol–water partition coefficient (Wildman–Crippen LogP) is 4.36. The Morgan fingerprint density at radius 3 is 2.50 bits per heavy atom. The molecular formula is C12H18Br2. The first-order valence-corrected chi connectivity index (χ1v) is 7.55. The summed E-state index contributed by atoms with van der Waals surface area (Å²) in [6.45, 7) is 5.02. The molecular weight excluding hydrogens is 304 g/mol. The lowest BCUT2D eigenvalue weighted by Crippen LogP contribution is -2.60. The normalized spacial score (nSPS) is 66.0. The Morgan fingerprint density at radius 2 is 1.79 bits per heavy atom. The molecule has 4 fully saturated rings. The van der Waals surface area contributed by atoms with E-state index in [-0.39, 0.29) is 0 Å². The summed E-state index contributed by atoms with van der Waals surface area (Å²) >= 11 is 7.91. The van der Waals surface area contributed by atoms with Gasteiger partial charge in [-0.05, 0) is 48.3 Å². The summed E-state index contributed by atoms with van der Waals surface area (Å²) in [6.07, 6.45) is 5.78. The lowest BCUT2D eigenvalue weighted by molar-refractivity contribution is -0.0774. The fraction of sp³-hybridized carbons (Fsp3) is 1.00. The van der Waals surface area contributed by atoms with E-state index in [9.17, 15) is 0 Å². The molecule has 0 nitrogen and oxygen atoms in total. The summed E-state index contributed by atoms with van der Waals surface area (Å²) in [5.74, 6) is 1.83. The lowest BCUT2D eigenvalue weighted by atomic mass is 9.45. The minimum absolute atomic E-state index is 0.588. The highest BCUT2D eigenvalue weighted by Gasteiger charge is 2.61. The standard InChI is InChI=1S/C12H18Br2/c1-11-3-7-4-12(2,6-11)10(14)8(5-11)9(7)13/h7-10H,3-6H2,1-2H3. The van der Waals surface area contributed by atoms with Crippen LogP contribution in [0.15, 0.2) is 0 Å². The van der Waals surface area contributed by atoms with E-state index in [0.29, 0.717) is 10.8 Å². The monoisotopic (exact) mass is 320 g/mol. The third kappa shape index (κ3) is 1.16. The van der Waals surface area contributed by atoms with E-state index >= 15 is 0 Å². The molecule has 0 spiro atoms. The van der Waals surface area contributed by atoms with Crippen LogP contribution in [0.4, 0.5) is 0 Å². The second kappa shape index (κ2) is 2.80. The van der Waals surface area contributed by atoms with Crippen LogP contribution in [0.25, 0.3) is 0 Å². The summed E-state index contributed by atoms with van der Waals surface area (Å²) in [4.78, 5) is 1.54. The number of hydrogen-bond donors (Lipinski definition) is 0. The first-order chi connectivity index (χ1) is 6.44. The average Bonchev–Trinajstić information content (AvgIpc) is 2.07. The van der Waals surface area contributed by atoms with Gasteiger partial charge >= 0.3 is 0 Å². The molecule has 0 amide bonds. The molecule has 4 rings (SSSR count). The highest BCUT2D eigenvalue weighted by molar-refractivity contribution is 9.10. The third-order valence-electron chi connectivity index (χ3n) is 4.94. The Kier molecular flexibility index (Phi) is 2.02. The number of halogens is 2. The minimum atomic E-state index is 0.588. The third-order valence-corrected chi connectivity index (χ3v) is 8.15. The van der Waals surface area contributed by atoms with E-state index in [1.54, 1.807) is 0 Å². The van der Waals surface area contributed by atoms with E-state index < -0.39 is 0 Å². The van der Waals surface area contributed by atoms with E-state index in [2.05, 4.69) is 45.7 Å². The zero-order valence-electron chi connectivity index (χ0n) is 8.89. The molecule has 0 aromatic heterocycles. The second-order valence-corrected chi connectivity index (χ2v) is 8.57. The van der Waals surface area contributed by atoms with Crippen LogP contribution in [0.3, 0.4) is 0 Å². The van der Waals surface area contributed by atoms with Crippen molar-refractivity contribution in [3.63, 3.8) is 0 Å². The van der Waals surface area contributed by atoms with Gasteiger partial charge in [0, 0.05) is 9.65 Å². The van der Waals surface area contributed by atoms with Crippen LogP contribution < -0.4 is 0 Å². The van der Waals surface area contributed by atoms with E-state index in [0.717, 1.165) is 21.5 Å². The summed E-state index contributed by atoms with van der Waals surface area (Å²) in [6, 6.07) is 0. The Balaban J connectivity index is 2.03. The summed E-state index contributed by atoms with van der Waals surface area (Å²) in [5, 5.41) is 0. The molecule has 0 saturated heterocycles. The van der Waals surface area contributed by atoms with Gasteiger partial charge in [0.1, 0.15) is 0 Å². The van der Waals surface area contributed by atoms with Gasteiger partial charge in [0.25, 0.3) is 0 Å². The molecule has 14 heavy (non-hydrogen) atoms. The van der Waals surface area contributed by atoms with Crippen molar-refractivity contribution in [1.82, 2.24) is 0 Å². The number of rotatable bonds is 0. The van der Waals surface area contributed by atoms with Crippen molar-refractivity contribution in [2.75, 3.05) is 0 Å². The molecule has 6 unspecified atom stereocenters. The van der Waals surface area contributed by atoms with Crippen LogP contribution in [-0.2, 0) is 0 Å². The van der Waals surface area contributed by atoms with Gasteiger partial charge < -0.3 is 0 Å². The first kappa shape index (κ1) is 10.1. The number of hydrogen-bond acceptors (Lipinski definition) is 0. The van der Waals surface area contributed by atoms with Gasteiger partial charge in [-0.2, -0.15) is 0 Å². The highest BCUT2D eigenvalue weighted by atomic mass is 79.9. The van der Waals surface area contributed by atoms with Crippen molar-refractivity contribution in [1.29, 1.82) is 0 Å². The van der Waals surface area contributed by atoms with Gasteiger partial charge in [0.15, 0.2) is 0 Å². The van der Waals surface area contributed by atoms with E-state index in [1.165, 1.54) is 25.7 Å². The maximum Gasteiger partial charge on any atom is 0.0239 e. The van der Waals surface area contributed by atoms with E-state index in [1.807, 2.05) is 0 Å². The Labute approximate surface area is 103 Å². The van der Waals surface area contributed by atoms with Crippen molar-refractivity contribution >= 4 is 31.9 Å². The van der Waals surface area contributed by atoms with Crippen molar-refractivity contribution in [2.24, 2.45) is 22.7 Å². The Hall–Kier alpha value is 0.960. The molecule has 4 aliphatic rings. The summed E-state index contributed by atoms with van der Waals surface area (Å²) in [5.41, 5.74) is 1.25. The van der Waals surface area contributed by atoms with Crippen molar-refractivity contribution in [2.45, 2.75) is 49.2 Å². The molecule has 80 valence electrons. The van der Waals surface area contributed by atoms with Crippen LogP contribution >= 0.6 is 31.9 Å². The largest absolute Gasteiger partial charge is 0.0884 e. The summed E-state index contributed by atoms with van der Waals surface area (Å²) in [7, 11) is 0. The molecule has 0 radical (unpaired) electrons. The molecule has 0 aliphatic heterocycles. The highest BCUT2D eigenvalue weighted by Crippen LogP contribution is 2.67. The molecule has 4 saturated carbocycles. The van der Waals surface area contributed by atoms with Crippen molar-refractivity contribution in [3.05, 3.63) is 0 Å². The fourth-order valence-corrected chi connectivity index (χ4v) is 6.97. The quantitative estimate of drug-likeness (QED) is 0.581. The topological polar surface area (TPSA) is 0 Å². The smallest absolute Gasteiger partial charge is 0.0239 e. The van der Waals surface area contributed by atoms with E-state index in [4.69, 9.17) is 0 Å². The second-order valence-electron chi connectivity index (χ2n) is 6.52.